The summed E-state index contributed by atoms with van der Waals surface area (Å²) in [5.41, 5.74) is 0.150. The van der Waals surface area contributed by atoms with Crippen LogP contribution in [0, 0.1) is 0 Å². The van der Waals surface area contributed by atoms with Crippen molar-refractivity contribution in [3.8, 4) is 5.75 Å². The van der Waals surface area contributed by atoms with Crippen LogP contribution in [-0.4, -0.2) is 36.8 Å². The van der Waals surface area contributed by atoms with Crippen molar-refractivity contribution in [3.63, 3.8) is 0 Å². The Morgan fingerprint density at radius 2 is 2.20 bits per heavy atom. The molecule has 4 nitrogen and oxygen atoms in total. The van der Waals surface area contributed by atoms with Crippen molar-refractivity contribution in [1.82, 2.24) is 10.3 Å². The van der Waals surface area contributed by atoms with Gasteiger partial charge in [-0.2, -0.15) is 0 Å². The highest BCUT2D eigenvalue weighted by Gasteiger charge is 2.26. The Balaban J connectivity index is 2.14. The van der Waals surface area contributed by atoms with E-state index in [-0.39, 0.29) is 5.54 Å². The van der Waals surface area contributed by atoms with E-state index in [0.717, 1.165) is 24.7 Å². The lowest BCUT2D eigenvalue weighted by Gasteiger charge is -2.38. The number of anilines is 1. The maximum absolute atomic E-state index is 5.47. The summed E-state index contributed by atoms with van der Waals surface area (Å²) in [6.45, 7) is 8.68. The molecule has 0 amide bonds. The zero-order chi connectivity index (χ0) is 14.6. The quantitative estimate of drug-likeness (QED) is 0.918. The van der Waals surface area contributed by atoms with Crippen LogP contribution in [0.5, 0.6) is 5.75 Å². The zero-order valence-corrected chi connectivity index (χ0v) is 13.1. The van der Waals surface area contributed by atoms with E-state index >= 15 is 0 Å². The van der Waals surface area contributed by atoms with Crippen molar-refractivity contribution in [3.05, 3.63) is 18.3 Å². The topological polar surface area (TPSA) is 37.4 Å². The van der Waals surface area contributed by atoms with E-state index in [1.807, 2.05) is 18.3 Å². The van der Waals surface area contributed by atoms with E-state index in [2.05, 4.69) is 36.0 Å². The number of hydrogen-bond acceptors (Lipinski definition) is 4. The molecule has 1 aliphatic rings. The Morgan fingerprint density at radius 3 is 2.90 bits per heavy atom. The van der Waals surface area contributed by atoms with Crippen LogP contribution in [0.3, 0.4) is 0 Å². The Labute approximate surface area is 122 Å². The van der Waals surface area contributed by atoms with E-state index < -0.39 is 0 Å². The van der Waals surface area contributed by atoms with Crippen LogP contribution >= 0.6 is 0 Å². The van der Waals surface area contributed by atoms with E-state index in [4.69, 9.17) is 4.74 Å². The molecule has 1 aliphatic heterocycles. The maximum Gasteiger partial charge on any atom is 0.171 e. The summed E-state index contributed by atoms with van der Waals surface area (Å²) in [6, 6.07) is 4.41. The number of nitrogens with one attached hydrogen (secondary N) is 1. The molecule has 0 aromatic carbocycles. The lowest BCUT2D eigenvalue weighted by atomic mass is 10.0. The van der Waals surface area contributed by atoms with Gasteiger partial charge in [0.2, 0.25) is 0 Å². The Bertz CT molecular complexity index is 428. The summed E-state index contributed by atoms with van der Waals surface area (Å²) < 4.78 is 5.47. The third-order valence-electron chi connectivity index (χ3n) is 3.74. The molecule has 2 rings (SSSR count). The number of methoxy groups -OCH3 is 1. The molecule has 0 aliphatic carbocycles. The van der Waals surface area contributed by atoms with Gasteiger partial charge < -0.3 is 15.0 Å². The third-order valence-corrected chi connectivity index (χ3v) is 3.74. The molecule has 0 saturated carbocycles. The second-order valence-electron chi connectivity index (χ2n) is 6.50. The molecule has 1 N–H and O–H groups in total. The van der Waals surface area contributed by atoms with Crippen LogP contribution < -0.4 is 15.0 Å². The van der Waals surface area contributed by atoms with Gasteiger partial charge in [-0.1, -0.05) is 0 Å². The summed E-state index contributed by atoms with van der Waals surface area (Å²) in [4.78, 5) is 6.94. The van der Waals surface area contributed by atoms with Gasteiger partial charge in [0.05, 0.1) is 7.11 Å². The van der Waals surface area contributed by atoms with Gasteiger partial charge in [-0.05, 0) is 52.2 Å². The third kappa shape index (κ3) is 3.85. The van der Waals surface area contributed by atoms with Crippen LogP contribution in [0.15, 0.2) is 18.3 Å². The normalized spacial score (nSPS) is 20.0. The van der Waals surface area contributed by atoms with Crippen molar-refractivity contribution >= 4 is 5.82 Å². The minimum atomic E-state index is 0.150. The molecule has 20 heavy (non-hydrogen) atoms. The fourth-order valence-corrected chi connectivity index (χ4v) is 2.67. The van der Waals surface area contributed by atoms with Gasteiger partial charge in [0.15, 0.2) is 11.6 Å². The summed E-state index contributed by atoms with van der Waals surface area (Å²) in [5.74, 6) is 1.85. The fraction of sp³-hybridized carbons (Fsp3) is 0.688. The van der Waals surface area contributed by atoms with Gasteiger partial charge in [-0.15, -0.1) is 0 Å². The lowest BCUT2D eigenvalue weighted by molar-refractivity contribution is 0.359. The fourth-order valence-electron chi connectivity index (χ4n) is 2.67. The summed E-state index contributed by atoms with van der Waals surface area (Å²) >= 11 is 0. The first-order valence-electron chi connectivity index (χ1n) is 7.52. The minimum absolute atomic E-state index is 0.150. The van der Waals surface area contributed by atoms with Gasteiger partial charge in [-0.25, -0.2) is 4.98 Å². The number of nitrogens with zero attached hydrogens (tertiary/aromatic N) is 2. The predicted octanol–water partition coefficient (Wildman–Crippen LogP) is 2.84. The Morgan fingerprint density at radius 1 is 1.40 bits per heavy atom. The average molecular weight is 277 g/mol. The van der Waals surface area contributed by atoms with Gasteiger partial charge >= 0.3 is 0 Å². The summed E-state index contributed by atoms with van der Waals surface area (Å²) in [6.07, 6.45) is 5.58. The Hall–Kier alpha value is -1.29. The standard InChI is InChI=1S/C16H27N3O/c1-16(2,3)18-12-13-8-5-6-11-19(13)15-14(20-4)9-7-10-17-15/h7,9-10,13,18H,5-6,8,11-12H2,1-4H3. The van der Waals surface area contributed by atoms with Crippen molar-refractivity contribution in [2.75, 3.05) is 25.1 Å². The van der Waals surface area contributed by atoms with E-state index in [1.54, 1.807) is 7.11 Å². The molecule has 112 valence electrons. The smallest absolute Gasteiger partial charge is 0.171 e. The van der Waals surface area contributed by atoms with Gasteiger partial charge in [-0.3, -0.25) is 0 Å². The molecule has 1 saturated heterocycles. The number of hydrogen-bond donors (Lipinski definition) is 1. The summed E-state index contributed by atoms with van der Waals surface area (Å²) in [5, 5.41) is 3.62. The average Bonchev–Trinajstić information content (AvgIpc) is 2.44. The van der Waals surface area contributed by atoms with Crippen LogP contribution in [0.25, 0.3) is 0 Å². The van der Waals surface area contributed by atoms with Crippen molar-refractivity contribution in [2.24, 2.45) is 0 Å². The lowest BCUT2D eigenvalue weighted by Crippen LogP contribution is -2.50. The largest absolute Gasteiger partial charge is 0.493 e. The monoisotopic (exact) mass is 277 g/mol. The van der Waals surface area contributed by atoms with Crippen molar-refractivity contribution in [2.45, 2.75) is 51.6 Å². The molecular weight excluding hydrogens is 250 g/mol. The van der Waals surface area contributed by atoms with Gasteiger partial charge in [0, 0.05) is 30.9 Å². The number of aromatic nitrogens is 1. The molecular formula is C16H27N3O. The van der Waals surface area contributed by atoms with Crippen LogP contribution in [0.2, 0.25) is 0 Å². The second-order valence-corrected chi connectivity index (χ2v) is 6.50. The molecule has 4 heteroatoms. The first-order valence-corrected chi connectivity index (χ1v) is 7.52. The maximum atomic E-state index is 5.47. The molecule has 0 radical (unpaired) electrons. The first kappa shape index (κ1) is 15.1. The van der Waals surface area contributed by atoms with Gasteiger partial charge in [0.1, 0.15) is 0 Å². The number of ether oxygens (including phenoxy) is 1. The summed E-state index contributed by atoms with van der Waals surface area (Å²) in [7, 11) is 1.72. The SMILES string of the molecule is COc1cccnc1N1CCCCC1CNC(C)(C)C. The molecule has 1 fully saturated rings. The van der Waals surface area contributed by atoms with E-state index in [0.29, 0.717) is 6.04 Å². The molecule has 0 bridgehead atoms. The molecule has 2 heterocycles. The first-order chi connectivity index (χ1) is 9.51. The van der Waals surface area contributed by atoms with Crippen LogP contribution in [0.1, 0.15) is 40.0 Å². The highest BCUT2D eigenvalue weighted by Crippen LogP contribution is 2.30. The number of piperidine rings is 1. The van der Waals surface area contributed by atoms with Crippen molar-refractivity contribution < 1.29 is 4.74 Å². The molecule has 1 atom stereocenters. The molecule has 1 unspecified atom stereocenters. The molecule has 1 aromatic rings. The van der Waals surface area contributed by atoms with Crippen LogP contribution in [0.4, 0.5) is 5.82 Å². The minimum Gasteiger partial charge on any atom is -0.493 e. The van der Waals surface area contributed by atoms with Gasteiger partial charge in [0.25, 0.3) is 0 Å². The van der Waals surface area contributed by atoms with E-state index in [9.17, 15) is 0 Å². The number of pyridine rings is 1. The second kappa shape index (κ2) is 6.44. The molecule has 0 spiro atoms. The van der Waals surface area contributed by atoms with Crippen LogP contribution in [-0.2, 0) is 0 Å². The highest BCUT2D eigenvalue weighted by atomic mass is 16.5. The van der Waals surface area contributed by atoms with E-state index in [1.165, 1.54) is 19.3 Å². The van der Waals surface area contributed by atoms with Crippen molar-refractivity contribution in [1.29, 1.82) is 0 Å². The predicted molar refractivity (Wildman–Crippen MR) is 83.5 cm³/mol. The Kier molecular flexibility index (Phi) is 4.86. The highest BCUT2D eigenvalue weighted by molar-refractivity contribution is 5.53. The zero-order valence-electron chi connectivity index (χ0n) is 13.1. The molecule has 1 aromatic heterocycles. The number of rotatable bonds is 4.